The van der Waals surface area contributed by atoms with E-state index in [2.05, 4.69) is 0 Å². The van der Waals surface area contributed by atoms with Crippen molar-refractivity contribution in [3.63, 3.8) is 0 Å². The lowest BCUT2D eigenvalue weighted by Crippen LogP contribution is -2.56. The van der Waals surface area contributed by atoms with Gasteiger partial charge in [-0.05, 0) is 6.42 Å². The predicted octanol–water partition coefficient (Wildman–Crippen LogP) is 1.17. The van der Waals surface area contributed by atoms with Crippen molar-refractivity contribution in [1.29, 1.82) is 0 Å². The lowest BCUT2D eigenvalue weighted by molar-refractivity contribution is -0.148. The summed E-state index contributed by atoms with van der Waals surface area (Å²) < 4.78 is 14.7. The summed E-state index contributed by atoms with van der Waals surface area (Å²) in [5, 5.41) is -0.862. The topological polar surface area (TPSA) is 78.9 Å². The fraction of sp³-hybridized carbons (Fsp3) is 0.667. The fourth-order valence-corrected chi connectivity index (χ4v) is 3.72. The second-order valence-electron chi connectivity index (χ2n) is 3.26. The van der Waals surface area contributed by atoms with Crippen LogP contribution in [0.3, 0.4) is 0 Å². The Morgan fingerprint density at radius 2 is 1.29 bits per heavy atom. The van der Waals surface area contributed by atoms with Crippen LogP contribution in [0.25, 0.3) is 0 Å². The molecule has 0 heterocycles. The van der Waals surface area contributed by atoms with E-state index in [0.29, 0.717) is 6.42 Å². The van der Waals surface area contributed by atoms with Crippen molar-refractivity contribution in [2.45, 2.75) is 39.1 Å². The van der Waals surface area contributed by atoms with Crippen molar-refractivity contribution in [3.05, 3.63) is 0 Å². The second kappa shape index (κ2) is 6.60. The zero-order valence-electron chi connectivity index (χ0n) is 10.1. The molecular weight excluding hydrogens is 268 g/mol. The Morgan fingerprint density at radius 3 is 1.47 bits per heavy atom. The van der Waals surface area contributed by atoms with Crippen LogP contribution in [0.5, 0.6) is 0 Å². The first-order valence-electron chi connectivity index (χ1n) is 4.96. The van der Waals surface area contributed by atoms with Crippen molar-refractivity contribution >= 4 is 38.3 Å². The zero-order chi connectivity index (χ0) is 13.6. The third kappa shape index (κ3) is 5.18. The van der Waals surface area contributed by atoms with E-state index in [1.54, 1.807) is 6.92 Å². The van der Waals surface area contributed by atoms with E-state index >= 15 is 0 Å². The summed E-state index contributed by atoms with van der Waals surface area (Å²) in [4.78, 5) is 33.0. The number of rotatable bonds is 5. The lowest BCUT2D eigenvalue weighted by Gasteiger charge is -2.28. The molecule has 0 aromatic heterocycles. The largest absolute Gasteiger partial charge is 0.724 e. The molecule has 0 aliphatic rings. The maximum absolute atomic E-state index is 11.0. The molecule has 0 N–H and O–H groups in total. The van der Waals surface area contributed by atoms with Crippen LogP contribution in [0.2, 0.25) is 0 Å². The Morgan fingerprint density at radius 1 is 1.00 bits per heavy atom. The lowest BCUT2D eigenvalue weighted by atomic mass is 10.6. The number of carbonyl (C=O) groups is 3. The molecule has 17 heavy (non-hydrogen) atoms. The van der Waals surface area contributed by atoms with Crippen LogP contribution in [-0.4, -0.2) is 31.7 Å². The van der Waals surface area contributed by atoms with E-state index in [1.165, 1.54) is 0 Å². The molecule has 0 aliphatic heterocycles. The molecule has 0 aliphatic carbocycles. The molecule has 0 spiro atoms. The van der Waals surface area contributed by atoms with Gasteiger partial charge in [-0.15, -0.1) is 11.6 Å². The third-order valence-corrected chi connectivity index (χ3v) is 5.60. The van der Waals surface area contributed by atoms with Gasteiger partial charge in [0.25, 0.3) is 17.9 Å². The van der Waals surface area contributed by atoms with E-state index < -0.39 is 31.7 Å². The Hall–Kier alpha value is -1.08. The quantitative estimate of drug-likeness (QED) is 0.556. The van der Waals surface area contributed by atoms with Gasteiger partial charge in [0.1, 0.15) is 5.00 Å². The normalized spacial score (nSPS) is 12.5. The standard InChI is InChI=1S/C9H15ClO6Si/c1-5-9(10)17(14-6(2)11,15-7(3)12)16-8(4)13/h9H,5H2,1-4H3. The molecule has 0 fully saturated rings. The molecule has 6 nitrogen and oxygen atoms in total. The molecule has 0 saturated carbocycles. The van der Waals surface area contributed by atoms with Gasteiger partial charge in [-0.1, -0.05) is 6.92 Å². The van der Waals surface area contributed by atoms with Gasteiger partial charge in [-0.3, -0.25) is 14.4 Å². The summed E-state index contributed by atoms with van der Waals surface area (Å²) in [5.41, 5.74) is 0. The summed E-state index contributed by atoms with van der Waals surface area (Å²) in [6, 6.07) is 0. The van der Waals surface area contributed by atoms with Gasteiger partial charge in [0.15, 0.2) is 0 Å². The molecule has 8 heteroatoms. The number of hydrogen-bond acceptors (Lipinski definition) is 6. The van der Waals surface area contributed by atoms with Gasteiger partial charge in [0, 0.05) is 20.8 Å². The number of carbonyl (C=O) groups excluding carboxylic acids is 3. The Bertz CT molecular complexity index is 278. The van der Waals surface area contributed by atoms with Crippen molar-refractivity contribution in [1.82, 2.24) is 0 Å². The van der Waals surface area contributed by atoms with Crippen LogP contribution in [0.15, 0.2) is 0 Å². The molecule has 0 amide bonds. The molecule has 0 aromatic carbocycles. The van der Waals surface area contributed by atoms with Crippen LogP contribution in [0.4, 0.5) is 0 Å². The summed E-state index contributed by atoms with van der Waals surface area (Å²) in [6.45, 7) is 5.05. The molecule has 98 valence electrons. The Kier molecular flexibility index (Phi) is 6.18. The maximum atomic E-state index is 11.0. The van der Waals surface area contributed by atoms with E-state index in [1.807, 2.05) is 0 Å². The predicted molar refractivity (Wildman–Crippen MR) is 61.0 cm³/mol. The molecule has 0 bridgehead atoms. The summed E-state index contributed by atoms with van der Waals surface area (Å²) >= 11 is 5.95. The average Bonchev–Trinajstić information content (AvgIpc) is 2.12. The van der Waals surface area contributed by atoms with Crippen LogP contribution >= 0.6 is 11.6 Å². The number of hydrogen-bond donors (Lipinski definition) is 0. The van der Waals surface area contributed by atoms with Crippen molar-refractivity contribution in [2.75, 3.05) is 0 Å². The minimum Gasteiger partial charge on any atom is -0.454 e. The van der Waals surface area contributed by atoms with E-state index in [9.17, 15) is 14.4 Å². The molecular formula is C9H15ClO6Si. The first kappa shape index (κ1) is 15.9. The maximum Gasteiger partial charge on any atom is 0.724 e. The van der Waals surface area contributed by atoms with Crippen LogP contribution in [0, 0.1) is 0 Å². The fourth-order valence-electron chi connectivity index (χ4n) is 1.11. The highest BCUT2D eigenvalue weighted by Crippen LogP contribution is 2.23. The summed E-state index contributed by atoms with van der Waals surface area (Å²) in [6.07, 6.45) is 0.321. The van der Waals surface area contributed by atoms with Gasteiger partial charge in [-0.25, -0.2) is 0 Å². The number of alkyl halides is 1. The first-order chi connectivity index (χ1) is 7.73. The molecule has 1 unspecified atom stereocenters. The first-order valence-corrected chi connectivity index (χ1v) is 7.20. The van der Waals surface area contributed by atoms with Gasteiger partial charge in [-0.2, -0.15) is 0 Å². The molecule has 0 saturated heterocycles. The van der Waals surface area contributed by atoms with Gasteiger partial charge in [0.2, 0.25) is 0 Å². The van der Waals surface area contributed by atoms with Crippen molar-refractivity contribution in [3.8, 4) is 0 Å². The van der Waals surface area contributed by atoms with Crippen molar-refractivity contribution < 1.29 is 27.7 Å². The third-order valence-electron chi connectivity index (χ3n) is 1.60. The van der Waals surface area contributed by atoms with Crippen LogP contribution < -0.4 is 0 Å². The Balaban J connectivity index is 5.24. The number of halogens is 1. The molecule has 0 radical (unpaired) electrons. The Labute approximate surface area is 106 Å². The SMILES string of the molecule is CCC(Cl)[Si](OC(C)=O)(OC(C)=O)OC(C)=O. The second-order valence-corrected chi connectivity index (χ2v) is 6.67. The van der Waals surface area contributed by atoms with E-state index in [-0.39, 0.29) is 0 Å². The van der Waals surface area contributed by atoms with Gasteiger partial charge < -0.3 is 13.3 Å². The highest BCUT2D eigenvalue weighted by atomic mass is 35.5. The molecule has 0 aromatic rings. The van der Waals surface area contributed by atoms with Crippen molar-refractivity contribution in [2.24, 2.45) is 0 Å². The summed E-state index contributed by atoms with van der Waals surface area (Å²) in [7, 11) is -3.87. The van der Waals surface area contributed by atoms with Crippen LogP contribution in [-0.2, 0) is 27.7 Å². The van der Waals surface area contributed by atoms with E-state index in [4.69, 9.17) is 24.9 Å². The highest BCUT2D eigenvalue weighted by molar-refractivity contribution is 6.74. The van der Waals surface area contributed by atoms with Gasteiger partial charge in [0.05, 0.1) is 0 Å². The van der Waals surface area contributed by atoms with Gasteiger partial charge >= 0.3 is 8.80 Å². The minimum atomic E-state index is -3.87. The summed E-state index contributed by atoms with van der Waals surface area (Å²) in [5.74, 6) is -2.17. The van der Waals surface area contributed by atoms with E-state index in [0.717, 1.165) is 20.8 Å². The van der Waals surface area contributed by atoms with Crippen LogP contribution in [0.1, 0.15) is 34.1 Å². The smallest absolute Gasteiger partial charge is 0.454 e. The molecule has 0 rings (SSSR count). The molecule has 1 atom stereocenters. The zero-order valence-corrected chi connectivity index (χ0v) is 11.9. The minimum absolute atomic E-state index is 0.321. The monoisotopic (exact) mass is 282 g/mol. The average molecular weight is 283 g/mol. The highest BCUT2D eigenvalue weighted by Gasteiger charge is 2.58.